The SMILES string of the molecule is CC(CCl)COc1ccc(C(C)(C)c2ccc(OCC(F)(F)CF)cc2)cc1. The number of halogens is 4. The smallest absolute Gasteiger partial charge is 0.309 e. The summed E-state index contributed by atoms with van der Waals surface area (Å²) in [6.45, 7) is 4.03. The highest BCUT2D eigenvalue weighted by molar-refractivity contribution is 6.18. The standard InChI is InChI=1S/C22H26ClF3O2/c1-16(12-23)13-27-19-8-4-17(5-9-19)21(2,3)18-6-10-20(11-7-18)28-15-22(25,26)14-24/h4-11,16H,12-15H2,1-3H3. The summed E-state index contributed by atoms with van der Waals surface area (Å²) in [4.78, 5) is 0. The van der Waals surface area contributed by atoms with Crippen LogP contribution in [0.2, 0.25) is 0 Å². The van der Waals surface area contributed by atoms with Crippen molar-refractivity contribution in [2.45, 2.75) is 32.1 Å². The highest BCUT2D eigenvalue weighted by Gasteiger charge is 2.30. The predicted octanol–water partition coefficient (Wildman–Crippen LogP) is 6.25. The van der Waals surface area contributed by atoms with E-state index in [1.54, 1.807) is 12.1 Å². The first-order chi connectivity index (χ1) is 13.2. The van der Waals surface area contributed by atoms with Crippen LogP contribution in [0.5, 0.6) is 11.5 Å². The summed E-state index contributed by atoms with van der Waals surface area (Å²) in [7, 11) is 0. The summed E-state index contributed by atoms with van der Waals surface area (Å²) in [6, 6.07) is 14.8. The third kappa shape index (κ3) is 6.06. The first kappa shape index (κ1) is 22.4. The molecule has 2 aromatic rings. The van der Waals surface area contributed by atoms with Crippen molar-refractivity contribution in [2.24, 2.45) is 5.92 Å². The van der Waals surface area contributed by atoms with Crippen LogP contribution >= 0.6 is 11.6 Å². The van der Waals surface area contributed by atoms with Gasteiger partial charge in [0.1, 0.15) is 11.5 Å². The van der Waals surface area contributed by atoms with Gasteiger partial charge in [0.2, 0.25) is 0 Å². The Morgan fingerprint density at radius 1 is 0.893 bits per heavy atom. The molecule has 0 aliphatic carbocycles. The molecule has 28 heavy (non-hydrogen) atoms. The van der Waals surface area contributed by atoms with Crippen molar-refractivity contribution in [1.82, 2.24) is 0 Å². The van der Waals surface area contributed by atoms with Crippen LogP contribution in [0.4, 0.5) is 13.2 Å². The molecular weight excluding hydrogens is 389 g/mol. The van der Waals surface area contributed by atoms with Gasteiger partial charge in [-0.2, -0.15) is 8.78 Å². The van der Waals surface area contributed by atoms with Gasteiger partial charge >= 0.3 is 5.92 Å². The monoisotopic (exact) mass is 414 g/mol. The Kier molecular flexibility index (Phi) is 7.64. The van der Waals surface area contributed by atoms with E-state index in [1.165, 1.54) is 0 Å². The fourth-order valence-electron chi connectivity index (χ4n) is 2.61. The van der Waals surface area contributed by atoms with Gasteiger partial charge in [0.05, 0.1) is 6.61 Å². The average Bonchev–Trinajstić information content (AvgIpc) is 2.71. The Bertz CT molecular complexity index is 730. The zero-order valence-corrected chi connectivity index (χ0v) is 17.1. The van der Waals surface area contributed by atoms with E-state index in [1.807, 2.05) is 43.3 Å². The third-order valence-corrected chi connectivity index (χ3v) is 5.12. The van der Waals surface area contributed by atoms with Crippen molar-refractivity contribution in [3.05, 3.63) is 59.7 Å². The van der Waals surface area contributed by atoms with Crippen molar-refractivity contribution in [2.75, 3.05) is 25.8 Å². The van der Waals surface area contributed by atoms with Crippen LogP contribution in [0, 0.1) is 5.92 Å². The van der Waals surface area contributed by atoms with Crippen LogP contribution in [0.3, 0.4) is 0 Å². The van der Waals surface area contributed by atoms with Crippen LogP contribution in [-0.2, 0) is 5.41 Å². The van der Waals surface area contributed by atoms with Gasteiger partial charge in [-0.25, -0.2) is 4.39 Å². The maximum Gasteiger partial charge on any atom is 0.309 e. The second kappa shape index (κ2) is 9.55. The fourth-order valence-corrected chi connectivity index (χ4v) is 2.70. The predicted molar refractivity (Wildman–Crippen MR) is 107 cm³/mol. The molecule has 0 radical (unpaired) electrons. The lowest BCUT2D eigenvalue weighted by atomic mass is 9.78. The molecule has 6 heteroatoms. The lowest BCUT2D eigenvalue weighted by Crippen LogP contribution is -2.27. The third-order valence-electron chi connectivity index (χ3n) is 4.60. The van der Waals surface area contributed by atoms with Crippen molar-refractivity contribution in [3.8, 4) is 11.5 Å². The average molecular weight is 415 g/mol. The van der Waals surface area contributed by atoms with E-state index in [0.717, 1.165) is 16.9 Å². The largest absolute Gasteiger partial charge is 0.493 e. The highest BCUT2D eigenvalue weighted by atomic mass is 35.5. The number of rotatable bonds is 10. The van der Waals surface area contributed by atoms with E-state index in [4.69, 9.17) is 21.1 Å². The normalized spacial score (nSPS) is 13.2. The van der Waals surface area contributed by atoms with Crippen LogP contribution in [0.1, 0.15) is 31.9 Å². The van der Waals surface area contributed by atoms with E-state index >= 15 is 0 Å². The molecule has 0 saturated carbocycles. The molecule has 1 unspecified atom stereocenters. The molecule has 0 heterocycles. The van der Waals surface area contributed by atoms with Gasteiger partial charge in [0, 0.05) is 17.2 Å². The van der Waals surface area contributed by atoms with Crippen molar-refractivity contribution in [1.29, 1.82) is 0 Å². The molecule has 0 amide bonds. The first-order valence-electron chi connectivity index (χ1n) is 9.14. The van der Waals surface area contributed by atoms with Crippen LogP contribution in [-0.4, -0.2) is 31.7 Å². The van der Waals surface area contributed by atoms with Crippen LogP contribution < -0.4 is 9.47 Å². The molecule has 1 atom stereocenters. The number of ether oxygens (including phenoxy) is 2. The minimum atomic E-state index is -3.47. The van der Waals surface area contributed by atoms with Crippen molar-refractivity contribution in [3.63, 3.8) is 0 Å². The molecule has 0 aliphatic heterocycles. The summed E-state index contributed by atoms with van der Waals surface area (Å²) >= 11 is 5.79. The van der Waals surface area contributed by atoms with Gasteiger partial charge in [0.25, 0.3) is 0 Å². The lowest BCUT2D eigenvalue weighted by molar-refractivity contribution is -0.0584. The highest BCUT2D eigenvalue weighted by Crippen LogP contribution is 2.33. The summed E-state index contributed by atoms with van der Waals surface area (Å²) in [5.41, 5.74) is 1.79. The Labute approximate surface area is 169 Å². The Balaban J connectivity index is 2.05. The van der Waals surface area contributed by atoms with Gasteiger partial charge in [-0.1, -0.05) is 45.0 Å². The molecule has 0 N–H and O–H groups in total. The van der Waals surface area contributed by atoms with Crippen LogP contribution in [0.15, 0.2) is 48.5 Å². The lowest BCUT2D eigenvalue weighted by Gasteiger charge is -2.26. The van der Waals surface area contributed by atoms with E-state index in [-0.39, 0.29) is 17.1 Å². The number of hydrogen-bond acceptors (Lipinski definition) is 2. The molecule has 0 aromatic heterocycles. The summed E-state index contributed by atoms with van der Waals surface area (Å²) < 4.78 is 48.8. The fraction of sp³-hybridized carbons (Fsp3) is 0.455. The number of hydrogen-bond donors (Lipinski definition) is 0. The van der Waals surface area contributed by atoms with Gasteiger partial charge in [-0.15, -0.1) is 11.6 Å². The molecule has 0 saturated heterocycles. The van der Waals surface area contributed by atoms with Gasteiger partial charge in [-0.05, 0) is 35.4 Å². The summed E-state index contributed by atoms with van der Waals surface area (Å²) in [6.07, 6.45) is 0. The Morgan fingerprint density at radius 2 is 1.36 bits per heavy atom. The molecule has 154 valence electrons. The molecule has 2 rings (SSSR count). The molecule has 2 nitrogen and oxygen atoms in total. The van der Waals surface area contributed by atoms with E-state index in [9.17, 15) is 13.2 Å². The second-order valence-corrected chi connectivity index (χ2v) is 7.83. The van der Waals surface area contributed by atoms with Crippen molar-refractivity contribution >= 4 is 11.6 Å². The molecule has 2 aromatic carbocycles. The minimum Gasteiger partial charge on any atom is -0.493 e. The Morgan fingerprint density at radius 3 is 1.79 bits per heavy atom. The van der Waals surface area contributed by atoms with E-state index in [2.05, 4.69) is 13.8 Å². The molecule has 0 aliphatic rings. The topological polar surface area (TPSA) is 18.5 Å². The Hall–Kier alpha value is -1.88. The van der Waals surface area contributed by atoms with Crippen LogP contribution in [0.25, 0.3) is 0 Å². The maximum absolute atomic E-state index is 13.0. The van der Waals surface area contributed by atoms with E-state index in [0.29, 0.717) is 12.5 Å². The summed E-state index contributed by atoms with van der Waals surface area (Å²) in [5, 5.41) is 0. The quantitative estimate of drug-likeness (QED) is 0.428. The summed E-state index contributed by atoms with van der Waals surface area (Å²) in [5.74, 6) is -1.57. The van der Waals surface area contributed by atoms with Crippen molar-refractivity contribution < 1.29 is 22.6 Å². The van der Waals surface area contributed by atoms with Gasteiger partial charge < -0.3 is 9.47 Å². The first-order valence-corrected chi connectivity index (χ1v) is 9.68. The minimum absolute atomic E-state index is 0.281. The van der Waals surface area contributed by atoms with E-state index < -0.39 is 19.2 Å². The molecular formula is C22H26ClF3O2. The number of alkyl halides is 4. The van der Waals surface area contributed by atoms with Gasteiger partial charge in [-0.3, -0.25) is 0 Å². The number of benzene rings is 2. The zero-order chi connectivity index (χ0) is 20.8. The zero-order valence-electron chi connectivity index (χ0n) is 16.4. The second-order valence-electron chi connectivity index (χ2n) is 7.52. The van der Waals surface area contributed by atoms with Gasteiger partial charge in [0.15, 0.2) is 13.3 Å². The molecule has 0 bridgehead atoms. The molecule has 0 fully saturated rings. The molecule has 0 spiro atoms. The maximum atomic E-state index is 13.0.